The normalized spacial score (nSPS) is 16.6. The van der Waals surface area contributed by atoms with Gasteiger partial charge in [-0.15, -0.1) is 0 Å². The van der Waals surface area contributed by atoms with Gasteiger partial charge in [-0.3, -0.25) is 4.79 Å². The molecule has 0 saturated carbocycles. The third-order valence-corrected chi connectivity index (χ3v) is 4.94. The maximum Gasteiger partial charge on any atom is 0.321 e. The van der Waals surface area contributed by atoms with E-state index in [1.165, 1.54) is 0 Å². The Kier molecular flexibility index (Phi) is 5.46. The van der Waals surface area contributed by atoms with Crippen molar-refractivity contribution in [1.29, 1.82) is 0 Å². The minimum Gasteiger partial charge on any atom is -0.337 e. The van der Waals surface area contributed by atoms with Gasteiger partial charge < -0.3 is 20.9 Å². The molecule has 0 radical (unpaired) electrons. The maximum atomic E-state index is 12.9. The first kappa shape index (κ1) is 18.9. The molecule has 1 saturated heterocycles. The van der Waals surface area contributed by atoms with Crippen LogP contribution < -0.4 is 11.1 Å². The van der Waals surface area contributed by atoms with Crippen LogP contribution in [-0.4, -0.2) is 47.9 Å². The molecule has 0 spiro atoms. The monoisotopic (exact) mass is 366 g/mol. The van der Waals surface area contributed by atoms with Crippen LogP contribution >= 0.6 is 0 Å². The minimum atomic E-state index is -1.08. The van der Waals surface area contributed by atoms with E-state index in [0.29, 0.717) is 26.2 Å². The molecule has 1 aliphatic rings. The number of aryl methyl sites for hydroxylation is 1. The van der Waals surface area contributed by atoms with E-state index in [1.807, 2.05) is 61.5 Å². The zero-order valence-electron chi connectivity index (χ0n) is 15.8. The van der Waals surface area contributed by atoms with Gasteiger partial charge in [-0.25, -0.2) is 4.79 Å². The van der Waals surface area contributed by atoms with Crippen LogP contribution in [0.25, 0.3) is 0 Å². The lowest BCUT2D eigenvalue weighted by Crippen LogP contribution is -2.57. The lowest BCUT2D eigenvalue weighted by molar-refractivity contribution is -0.138. The first-order valence-electron chi connectivity index (χ1n) is 9.14. The highest BCUT2D eigenvalue weighted by molar-refractivity contribution is 5.90. The number of nitrogens with one attached hydrogen (secondary N) is 1. The zero-order chi connectivity index (χ0) is 19.4. The van der Waals surface area contributed by atoms with E-state index >= 15 is 0 Å². The molecule has 1 fully saturated rings. The number of piperazine rings is 1. The third kappa shape index (κ3) is 4.28. The summed E-state index contributed by atoms with van der Waals surface area (Å²) in [7, 11) is 0. The van der Waals surface area contributed by atoms with Crippen LogP contribution in [0.15, 0.2) is 54.6 Å². The quantitative estimate of drug-likeness (QED) is 0.876. The van der Waals surface area contributed by atoms with E-state index in [4.69, 9.17) is 5.73 Å². The number of nitrogens with zero attached hydrogens (tertiary/aromatic N) is 2. The highest BCUT2D eigenvalue weighted by Crippen LogP contribution is 2.21. The number of rotatable bonds is 3. The average molecular weight is 366 g/mol. The van der Waals surface area contributed by atoms with Crippen molar-refractivity contribution in [1.82, 2.24) is 9.80 Å². The summed E-state index contributed by atoms with van der Waals surface area (Å²) in [6.45, 7) is 5.62. The van der Waals surface area contributed by atoms with Crippen molar-refractivity contribution in [3.05, 3.63) is 65.7 Å². The number of nitrogens with two attached hydrogens (primary N) is 1. The third-order valence-electron chi connectivity index (χ3n) is 4.94. The maximum absolute atomic E-state index is 12.9. The van der Waals surface area contributed by atoms with Gasteiger partial charge in [-0.05, 0) is 37.1 Å². The number of amides is 3. The second-order valence-electron chi connectivity index (χ2n) is 7.15. The van der Waals surface area contributed by atoms with Crippen molar-refractivity contribution in [2.75, 3.05) is 31.5 Å². The van der Waals surface area contributed by atoms with Crippen molar-refractivity contribution < 1.29 is 9.59 Å². The molecule has 2 aromatic carbocycles. The number of carbonyl (C=O) groups is 2. The molecule has 2 aromatic rings. The largest absolute Gasteiger partial charge is 0.337 e. The summed E-state index contributed by atoms with van der Waals surface area (Å²) in [5.74, 6) is -0.118. The minimum absolute atomic E-state index is 0.118. The Labute approximate surface area is 159 Å². The lowest BCUT2D eigenvalue weighted by atomic mass is 9.91. The number of hydrogen-bond acceptors (Lipinski definition) is 3. The smallest absolute Gasteiger partial charge is 0.321 e. The Bertz CT molecular complexity index is 812. The summed E-state index contributed by atoms with van der Waals surface area (Å²) < 4.78 is 0. The Balaban J connectivity index is 1.58. The fraction of sp³-hybridized carbons (Fsp3) is 0.333. The van der Waals surface area contributed by atoms with Crippen LogP contribution in [0.4, 0.5) is 10.5 Å². The second kappa shape index (κ2) is 7.80. The summed E-state index contributed by atoms with van der Waals surface area (Å²) in [6.07, 6.45) is 0. The molecule has 27 heavy (non-hydrogen) atoms. The van der Waals surface area contributed by atoms with E-state index in [1.54, 1.807) is 16.7 Å². The first-order valence-corrected chi connectivity index (χ1v) is 9.14. The molecule has 0 aliphatic carbocycles. The van der Waals surface area contributed by atoms with Crippen molar-refractivity contribution in [2.24, 2.45) is 5.73 Å². The molecule has 6 nitrogen and oxygen atoms in total. The lowest BCUT2D eigenvalue weighted by Gasteiger charge is -2.38. The van der Waals surface area contributed by atoms with E-state index < -0.39 is 5.54 Å². The fourth-order valence-electron chi connectivity index (χ4n) is 3.27. The van der Waals surface area contributed by atoms with E-state index in [0.717, 1.165) is 16.8 Å². The van der Waals surface area contributed by atoms with E-state index in [-0.39, 0.29) is 11.9 Å². The molecular weight excluding hydrogens is 340 g/mol. The van der Waals surface area contributed by atoms with Gasteiger partial charge in [0.15, 0.2) is 0 Å². The van der Waals surface area contributed by atoms with E-state index in [9.17, 15) is 9.59 Å². The highest BCUT2D eigenvalue weighted by atomic mass is 16.2. The van der Waals surface area contributed by atoms with Crippen LogP contribution in [0.2, 0.25) is 0 Å². The van der Waals surface area contributed by atoms with Gasteiger partial charge in [0.1, 0.15) is 5.54 Å². The SMILES string of the molecule is Cc1cccc(NC(=O)N2CCN(C(=O)C(C)(N)c3ccccc3)CC2)c1. The zero-order valence-corrected chi connectivity index (χ0v) is 15.8. The van der Waals surface area contributed by atoms with Crippen LogP contribution in [0.5, 0.6) is 0 Å². The van der Waals surface area contributed by atoms with Crippen LogP contribution in [0, 0.1) is 6.92 Å². The molecule has 3 amide bonds. The standard InChI is InChI=1S/C21H26N4O2/c1-16-7-6-10-18(15-16)23-20(27)25-13-11-24(12-14-25)19(26)21(2,22)17-8-4-3-5-9-17/h3-10,15H,11-14,22H2,1-2H3,(H,23,27). The van der Waals surface area contributed by atoms with Crippen molar-refractivity contribution in [3.63, 3.8) is 0 Å². The topological polar surface area (TPSA) is 78.7 Å². The molecule has 1 atom stereocenters. The van der Waals surface area contributed by atoms with Gasteiger partial charge in [0.05, 0.1) is 0 Å². The van der Waals surface area contributed by atoms with Crippen molar-refractivity contribution >= 4 is 17.6 Å². The highest BCUT2D eigenvalue weighted by Gasteiger charge is 2.36. The number of urea groups is 1. The predicted octanol–water partition coefficient (Wildman–Crippen LogP) is 2.55. The van der Waals surface area contributed by atoms with Crippen molar-refractivity contribution in [2.45, 2.75) is 19.4 Å². The summed E-state index contributed by atoms with van der Waals surface area (Å²) >= 11 is 0. The van der Waals surface area contributed by atoms with Gasteiger partial charge >= 0.3 is 6.03 Å². The van der Waals surface area contributed by atoms with Crippen LogP contribution in [0.1, 0.15) is 18.1 Å². The Morgan fingerprint density at radius 2 is 1.59 bits per heavy atom. The van der Waals surface area contributed by atoms with Crippen LogP contribution in [0.3, 0.4) is 0 Å². The van der Waals surface area contributed by atoms with Gasteiger partial charge in [0.2, 0.25) is 5.91 Å². The van der Waals surface area contributed by atoms with Gasteiger partial charge in [-0.2, -0.15) is 0 Å². The Morgan fingerprint density at radius 1 is 0.963 bits per heavy atom. The number of benzene rings is 2. The fourth-order valence-corrected chi connectivity index (χ4v) is 3.27. The first-order chi connectivity index (χ1) is 12.9. The second-order valence-corrected chi connectivity index (χ2v) is 7.15. The Hall–Kier alpha value is -2.86. The molecular formula is C21H26N4O2. The van der Waals surface area contributed by atoms with Crippen LogP contribution in [-0.2, 0) is 10.3 Å². The molecule has 142 valence electrons. The molecule has 6 heteroatoms. The summed E-state index contributed by atoms with van der Waals surface area (Å²) in [6, 6.07) is 16.9. The van der Waals surface area contributed by atoms with Gasteiger partial charge in [0, 0.05) is 31.9 Å². The Morgan fingerprint density at radius 3 is 2.22 bits per heavy atom. The predicted molar refractivity (Wildman–Crippen MR) is 106 cm³/mol. The molecule has 1 heterocycles. The van der Waals surface area contributed by atoms with Gasteiger partial charge in [-0.1, -0.05) is 42.5 Å². The number of carbonyl (C=O) groups excluding carboxylic acids is 2. The molecule has 1 aliphatic heterocycles. The summed E-state index contributed by atoms with van der Waals surface area (Å²) in [5, 5.41) is 2.91. The van der Waals surface area contributed by atoms with Crippen molar-refractivity contribution in [3.8, 4) is 0 Å². The molecule has 1 unspecified atom stereocenters. The number of anilines is 1. The van der Waals surface area contributed by atoms with Gasteiger partial charge in [0.25, 0.3) is 0 Å². The average Bonchev–Trinajstić information content (AvgIpc) is 2.68. The summed E-state index contributed by atoms with van der Waals surface area (Å²) in [4.78, 5) is 28.8. The molecule has 0 aromatic heterocycles. The van der Waals surface area contributed by atoms with E-state index in [2.05, 4.69) is 5.32 Å². The molecule has 3 N–H and O–H groups in total. The summed E-state index contributed by atoms with van der Waals surface area (Å²) in [5.41, 5.74) is 7.91. The molecule has 3 rings (SSSR count). The number of hydrogen-bond donors (Lipinski definition) is 2. The molecule has 0 bridgehead atoms.